The fourth-order valence-electron chi connectivity index (χ4n) is 15.3. The van der Waals surface area contributed by atoms with Crippen molar-refractivity contribution in [2.75, 3.05) is 12.8 Å². The number of methoxy groups -OCH3 is 1. The van der Waals surface area contributed by atoms with Crippen LogP contribution in [-0.2, 0) is 9.31 Å². The van der Waals surface area contributed by atoms with Crippen LogP contribution in [0.25, 0.3) is 168 Å². The number of hydrogen-bond donors (Lipinski definition) is 2. The van der Waals surface area contributed by atoms with E-state index in [1.165, 1.54) is 20.0 Å². The van der Waals surface area contributed by atoms with Gasteiger partial charge in [0.2, 0.25) is 0 Å². The average molecular weight is 2220 g/mol. The summed E-state index contributed by atoms with van der Waals surface area (Å²) in [6.07, 6.45) is 24.1. The number of halogens is 4. The van der Waals surface area contributed by atoms with Crippen LogP contribution in [0, 0.1) is 0 Å². The fourth-order valence-corrected chi connectivity index (χ4v) is 17.2. The van der Waals surface area contributed by atoms with Gasteiger partial charge in [0.05, 0.1) is 97.8 Å². The molecule has 32 heteroatoms. The molecule has 0 spiro atoms. The van der Waals surface area contributed by atoms with Crippen molar-refractivity contribution in [2.24, 2.45) is 0 Å². The first-order valence-electron chi connectivity index (χ1n) is 46.7. The summed E-state index contributed by atoms with van der Waals surface area (Å²) in [6.45, 7) is 11.2. The maximum Gasteiger partial charge on any atom is 0.569 e. The van der Waals surface area contributed by atoms with Gasteiger partial charge in [-0.1, -0.05) is 157 Å². The molecule has 0 bridgehead atoms. The number of anilines is 1. The van der Waals surface area contributed by atoms with Crippen LogP contribution >= 0.6 is 63.7 Å². The molecule has 729 valence electrons. The van der Waals surface area contributed by atoms with Gasteiger partial charge in [-0.2, -0.15) is 0 Å². The van der Waals surface area contributed by atoms with E-state index >= 15 is 0 Å². The molecule has 0 atom stereocenters. The molecule has 23 rings (SSSR count). The van der Waals surface area contributed by atoms with Crippen LogP contribution in [0.4, 0.5) is 5.69 Å². The van der Waals surface area contributed by atoms with Crippen LogP contribution < -0.4 is 20.6 Å². The van der Waals surface area contributed by atoms with Crippen molar-refractivity contribution in [2.45, 2.75) is 52.7 Å². The zero-order valence-electron chi connectivity index (χ0n) is 81.3. The number of nitrogens with zero attached hydrogens (tertiary/aromatic N) is 18. The summed E-state index contributed by atoms with van der Waals surface area (Å²) in [5, 5.41) is 12.4. The van der Waals surface area contributed by atoms with Crippen molar-refractivity contribution in [1.29, 1.82) is 0 Å². The van der Waals surface area contributed by atoms with Gasteiger partial charge in [0.1, 0.15) is 33.2 Å². The summed E-state index contributed by atoms with van der Waals surface area (Å²) in [6, 6.07) is 103. The SMILES string of the molecule is Brc1ccc2nc(-c3nc(-c4cccnc4)cc(-c4cccnc4)n3)ccc2c1.CC(=O)c1cc(Br)cc(Br)n1.CC(=O)c1nc(-c2cccnc2)cc(-c2cccnc2)n1.CC1(C)OB(c2ccc3nc(-c4ccccc4)ccc3c2)OC1(C)C.COc1cc(Br)ccc1N.O[B]Oc1cccnc1.c1ccc(-c2ccc3cc(-c4ccc5nc(-c6nc(-c7cccnc7)cc(-c7cccnc7)n6)ccc5c4)ccc3n2)cc1. The normalized spacial score (nSPS) is 11.9. The van der Waals surface area contributed by atoms with Crippen LogP contribution in [0.3, 0.4) is 0 Å². The average Bonchev–Trinajstić information content (AvgIpc) is 1.26. The summed E-state index contributed by atoms with van der Waals surface area (Å²) < 4.78 is 25.4. The van der Waals surface area contributed by atoms with Crippen LogP contribution in [0.1, 0.15) is 62.6 Å². The minimum atomic E-state index is -0.344. The molecule has 16 heterocycles. The summed E-state index contributed by atoms with van der Waals surface area (Å²) in [4.78, 5) is 103. The third-order valence-electron chi connectivity index (χ3n) is 23.6. The van der Waals surface area contributed by atoms with Crippen molar-refractivity contribution in [1.82, 2.24) is 89.7 Å². The summed E-state index contributed by atoms with van der Waals surface area (Å²) in [5.74, 6) is 2.32. The second-order valence-electron chi connectivity index (χ2n) is 34.5. The number of carbonyl (C=O) groups is 2. The molecule has 15 aromatic heterocycles. The quantitative estimate of drug-likeness (QED) is 0.0370. The number of pyridine rings is 12. The second-order valence-corrected chi connectivity index (χ2v) is 38.0. The molecule has 0 aliphatic carbocycles. The van der Waals surface area contributed by atoms with Gasteiger partial charge in [-0.05, 0) is 272 Å². The largest absolute Gasteiger partial charge is 0.569 e. The Morgan fingerprint density at radius 3 is 1.05 bits per heavy atom. The van der Waals surface area contributed by atoms with Gasteiger partial charge in [0, 0.05) is 168 Å². The van der Waals surface area contributed by atoms with Gasteiger partial charge >= 0.3 is 14.8 Å². The van der Waals surface area contributed by atoms with Crippen LogP contribution in [0.15, 0.2) is 420 Å². The molecule has 1 fully saturated rings. The van der Waals surface area contributed by atoms with E-state index in [9.17, 15) is 9.59 Å². The number of nitrogen functional groups attached to an aromatic ring is 1. The smallest absolute Gasteiger partial charge is 0.536 e. The molecule has 0 amide bonds. The lowest BCUT2D eigenvalue weighted by Crippen LogP contribution is -2.41. The number of nitrogens with two attached hydrogens (primary N) is 1. The van der Waals surface area contributed by atoms with E-state index in [0.717, 1.165) is 158 Å². The standard InChI is InChI=1S/C38H24N6.C23H14BrN5.C21H22BNO2.C16H12N4O.C7H5Br2NO.C7H8BrNO.C5H5BNO2/c1-2-6-25(7-3-1)32-16-12-28-20-26(10-14-33(28)41-32)27-11-15-34-29(21-27)13-17-35(42-34)38-43-36(30-8-4-18-39-23-30)22-37(44-38)31-9-5-19-40-24-31;24-18-6-8-19-15(11-18)5-7-20(27-19)23-28-21(16-3-1-9-25-13-16)12-22(29-23)17-4-2-10-26-14-17;1-20(2)21(3,4)25-22(24-20)17-11-13-19-16(14-17)10-12-18(23-19)15-8-6-5-7-9-15;1-11(21)16-19-14(12-4-2-6-17-9-12)8-15(20-16)13-5-3-7-18-10-13;1-4(11)6-2-5(8)3-7(9)10-6;1-10-7-4-5(8)2-3-6(7)9;8-6-9-5-2-1-3-7-4-5/h1-24H;1-14H;5-14H,1-4H3;2-10H,1H3;2-3H,1H3;2-4H,9H2,1H3;1-4,8H. The molecule has 149 heavy (non-hydrogen) atoms. The maximum absolute atomic E-state index is 11.7. The lowest BCUT2D eigenvalue weighted by Gasteiger charge is -2.32. The van der Waals surface area contributed by atoms with Crippen molar-refractivity contribution < 1.29 is 33.3 Å². The number of ketones is 2. The molecule has 22 aromatic rings. The minimum absolute atomic E-state index is 0.0352. The minimum Gasteiger partial charge on any atom is -0.536 e. The number of carbonyl (C=O) groups excluding carboxylic acids is 2. The van der Waals surface area contributed by atoms with Gasteiger partial charge in [0.25, 0.3) is 0 Å². The van der Waals surface area contributed by atoms with Crippen molar-refractivity contribution in [3.05, 3.63) is 432 Å². The Hall–Kier alpha value is -16.7. The molecule has 0 saturated carbocycles. The van der Waals surface area contributed by atoms with E-state index in [4.69, 9.17) is 64.7 Å². The van der Waals surface area contributed by atoms with Crippen molar-refractivity contribution in [3.8, 4) is 136 Å². The first-order chi connectivity index (χ1) is 72.4. The topological polar surface area (TPSA) is 349 Å². The van der Waals surface area contributed by atoms with E-state index in [1.54, 1.807) is 118 Å². The lowest BCUT2D eigenvalue weighted by atomic mass is 9.78. The predicted octanol–water partition coefficient (Wildman–Crippen LogP) is 26.1. The highest BCUT2D eigenvalue weighted by molar-refractivity contribution is 9.11. The molecule has 1 aliphatic heterocycles. The number of hydrogen-bond acceptors (Lipinski definition) is 26. The zero-order chi connectivity index (χ0) is 104. The molecule has 26 nitrogen and oxygen atoms in total. The Labute approximate surface area is 893 Å². The summed E-state index contributed by atoms with van der Waals surface area (Å²) in [5.41, 5.74) is 28.4. The van der Waals surface area contributed by atoms with Gasteiger partial charge in [-0.25, -0.2) is 54.8 Å². The first-order valence-corrected chi connectivity index (χ1v) is 49.9. The first kappa shape index (κ1) is 104. The van der Waals surface area contributed by atoms with E-state index in [2.05, 4.69) is 243 Å². The highest BCUT2D eigenvalue weighted by Gasteiger charge is 2.52. The van der Waals surface area contributed by atoms with Gasteiger partial charge < -0.3 is 29.5 Å². The number of aromatic nitrogens is 18. The van der Waals surface area contributed by atoms with E-state index in [-0.39, 0.29) is 35.7 Å². The molecule has 7 aromatic carbocycles. The molecule has 3 N–H and O–H groups in total. The van der Waals surface area contributed by atoms with Crippen LogP contribution in [-0.4, -0.2) is 139 Å². The number of Topliss-reactive ketones (excluding diaryl/α,β-unsaturated/α-hetero) is 2. The summed E-state index contributed by atoms with van der Waals surface area (Å²) in [7, 11) is 1.87. The highest BCUT2D eigenvalue weighted by atomic mass is 79.9. The van der Waals surface area contributed by atoms with Crippen LogP contribution in [0.2, 0.25) is 0 Å². The monoisotopic (exact) mass is 2210 g/mol. The number of benzene rings is 7. The Morgan fingerprint density at radius 1 is 0.322 bits per heavy atom. The van der Waals surface area contributed by atoms with Crippen molar-refractivity contribution >= 4 is 145 Å². The highest BCUT2D eigenvalue weighted by Crippen LogP contribution is 2.39. The fraction of sp³-hybridized carbons (Fsp3) is 0.0769. The van der Waals surface area contributed by atoms with Gasteiger partial charge in [-0.3, -0.25) is 44.5 Å². The number of ether oxygens (including phenoxy) is 1. The lowest BCUT2D eigenvalue weighted by molar-refractivity contribution is 0.00578. The molecule has 0 unspecified atom stereocenters. The third kappa shape index (κ3) is 27.2. The number of fused-ring (bicyclic) bond motifs is 4. The molecular weight excluding hydrogens is 2120 g/mol. The molecule has 1 aliphatic rings. The Balaban J connectivity index is 0.000000127. The third-order valence-corrected chi connectivity index (χ3v) is 25.4. The summed E-state index contributed by atoms with van der Waals surface area (Å²) >= 11 is 13.3. The Kier molecular flexibility index (Phi) is 34.1. The van der Waals surface area contributed by atoms with E-state index in [0.29, 0.717) is 63.9 Å². The Morgan fingerprint density at radius 2 is 0.678 bits per heavy atom. The van der Waals surface area contributed by atoms with E-state index < -0.39 is 0 Å². The Bertz CT molecular complexity index is 8230. The van der Waals surface area contributed by atoms with Gasteiger partial charge in [0.15, 0.2) is 29.0 Å². The predicted molar refractivity (Wildman–Crippen MR) is 601 cm³/mol. The molecule has 1 saturated heterocycles. The van der Waals surface area contributed by atoms with Crippen LogP contribution in [0.5, 0.6) is 11.5 Å². The number of rotatable bonds is 17. The van der Waals surface area contributed by atoms with E-state index in [1.807, 2.05) is 188 Å². The second kappa shape index (κ2) is 49.0. The molecule has 1 radical (unpaired) electrons. The molecular formula is C117H90B2Br4N19O7. The van der Waals surface area contributed by atoms with Crippen molar-refractivity contribution in [3.63, 3.8) is 0 Å². The zero-order valence-corrected chi connectivity index (χ0v) is 87.6. The van der Waals surface area contributed by atoms with Gasteiger partial charge in [-0.15, -0.1) is 0 Å². The maximum atomic E-state index is 11.7.